The molecule has 0 aromatic heterocycles. The molecule has 0 saturated heterocycles. The van der Waals surface area contributed by atoms with Crippen molar-refractivity contribution in [2.24, 2.45) is 5.41 Å². The average Bonchev–Trinajstić information content (AvgIpc) is 2.45. The van der Waals surface area contributed by atoms with Gasteiger partial charge in [-0.2, -0.15) is 0 Å². The molecule has 0 heterocycles. The van der Waals surface area contributed by atoms with Gasteiger partial charge in [0.05, 0.1) is 5.92 Å². The quantitative estimate of drug-likeness (QED) is 0.773. The number of amides is 1. The molecule has 1 aromatic rings. The Balaban J connectivity index is 2.38. The van der Waals surface area contributed by atoms with E-state index in [2.05, 4.69) is 5.32 Å². The lowest BCUT2D eigenvalue weighted by Crippen LogP contribution is -2.31. The summed E-state index contributed by atoms with van der Waals surface area (Å²) in [5.74, 6) is -0.937. The SMILES string of the molecule is CC(C(=O)NCCC(C)(C)CCC(=O)O)c1ccccc1. The van der Waals surface area contributed by atoms with E-state index in [9.17, 15) is 9.59 Å². The Bertz CT molecular complexity index is 468. The van der Waals surface area contributed by atoms with Crippen LogP contribution in [0.5, 0.6) is 0 Å². The molecule has 1 rings (SSSR count). The minimum absolute atomic E-state index is 0.00948. The molecule has 2 N–H and O–H groups in total. The second-order valence-corrected chi connectivity index (χ2v) is 6.23. The molecule has 0 saturated carbocycles. The maximum atomic E-state index is 12.1. The van der Waals surface area contributed by atoms with Gasteiger partial charge in [0.1, 0.15) is 0 Å². The highest BCUT2D eigenvalue weighted by atomic mass is 16.4. The van der Waals surface area contributed by atoms with Gasteiger partial charge >= 0.3 is 5.97 Å². The molecule has 1 unspecified atom stereocenters. The van der Waals surface area contributed by atoms with Crippen molar-refractivity contribution in [3.63, 3.8) is 0 Å². The van der Waals surface area contributed by atoms with E-state index < -0.39 is 5.97 Å². The number of hydrogen-bond acceptors (Lipinski definition) is 2. The standard InChI is InChI=1S/C17H25NO3/c1-13(14-7-5-4-6-8-14)16(21)18-12-11-17(2,3)10-9-15(19)20/h4-8,13H,9-12H2,1-3H3,(H,18,21)(H,19,20). The third-order valence-corrected chi connectivity index (χ3v) is 3.81. The van der Waals surface area contributed by atoms with Crippen molar-refractivity contribution in [3.8, 4) is 0 Å². The summed E-state index contributed by atoms with van der Waals surface area (Å²) in [5, 5.41) is 11.7. The molecule has 0 radical (unpaired) electrons. The lowest BCUT2D eigenvalue weighted by atomic mass is 9.84. The summed E-state index contributed by atoms with van der Waals surface area (Å²) in [7, 11) is 0. The van der Waals surface area contributed by atoms with E-state index in [4.69, 9.17) is 5.11 Å². The van der Waals surface area contributed by atoms with Gasteiger partial charge in [0, 0.05) is 13.0 Å². The molecular formula is C17H25NO3. The lowest BCUT2D eigenvalue weighted by molar-refractivity contribution is -0.137. The van der Waals surface area contributed by atoms with Gasteiger partial charge in [0.2, 0.25) is 5.91 Å². The molecule has 0 aliphatic carbocycles. The Morgan fingerprint density at radius 1 is 1.19 bits per heavy atom. The Labute approximate surface area is 126 Å². The summed E-state index contributed by atoms with van der Waals surface area (Å²) in [4.78, 5) is 22.7. The summed E-state index contributed by atoms with van der Waals surface area (Å²) >= 11 is 0. The average molecular weight is 291 g/mol. The van der Waals surface area contributed by atoms with E-state index in [1.54, 1.807) is 0 Å². The Morgan fingerprint density at radius 2 is 1.81 bits per heavy atom. The molecule has 0 spiro atoms. The van der Waals surface area contributed by atoms with Crippen LogP contribution in [0.2, 0.25) is 0 Å². The van der Waals surface area contributed by atoms with Crippen molar-refractivity contribution in [1.82, 2.24) is 5.32 Å². The van der Waals surface area contributed by atoms with Crippen LogP contribution < -0.4 is 5.32 Å². The zero-order valence-corrected chi connectivity index (χ0v) is 13.1. The molecule has 1 aromatic carbocycles. The van der Waals surface area contributed by atoms with E-state index in [1.165, 1.54) is 0 Å². The van der Waals surface area contributed by atoms with Crippen molar-refractivity contribution in [3.05, 3.63) is 35.9 Å². The first-order valence-corrected chi connectivity index (χ1v) is 7.36. The van der Waals surface area contributed by atoms with Crippen LogP contribution in [0.15, 0.2) is 30.3 Å². The first kappa shape index (κ1) is 17.2. The summed E-state index contributed by atoms with van der Waals surface area (Å²) in [6, 6.07) is 9.67. The molecule has 1 amide bonds. The lowest BCUT2D eigenvalue weighted by Gasteiger charge is -2.24. The van der Waals surface area contributed by atoms with Gasteiger partial charge in [-0.15, -0.1) is 0 Å². The number of carbonyl (C=O) groups is 2. The summed E-state index contributed by atoms with van der Waals surface area (Å²) < 4.78 is 0. The Kier molecular flexibility index (Phi) is 6.40. The maximum Gasteiger partial charge on any atom is 0.303 e. The number of nitrogens with one attached hydrogen (secondary N) is 1. The maximum absolute atomic E-state index is 12.1. The zero-order valence-electron chi connectivity index (χ0n) is 13.1. The van der Waals surface area contributed by atoms with E-state index >= 15 is 0 Å². The predicted octanol–water partition coefficient (Wildman–Crippen LogP) is 3.19. The van der Waals surface area contributed by atoms with Crippen LogP contribution in [0.3, 0.4) is 0 Å². The minimum Gasteiger partial charge on any atom is -0.481 e. The number of carbonyl (C=O) groups excluding carboxylic acids is 1. The summed E-state index contributed by atoms with van der Waals surface area (Å²) in [5.41, 5.74) is 0.918. The fourth-order valence-corrected chi connectivity index (χ4v) is 2.14. The molecule has 116 valence electrons. The largest absolute Gasteiger partial charge is 0.481 e. The summed E-state index contributed by atoms with van der Waals surface area (Å²) in [6.45, 7) is 6.52. The van der Waals surface area contributed by atoms with Crippen LogP contribution in [0.1, 0.15) is 51.5 Å². The molecule has 0 bridgehead atoms. The van der Waals surface area contributed by atoms with Gasteiger partial charge in [-0.3, -0.25) is 9.59 Å². The third-order valence-electron chi connectivity index (χ3n) is 3.81. The van der Waals surface area contributed by atoms with Crippen molar-refractivity contribution < 1.29 is 14.7 Å². The first-order chi connectivity index (χ1) is 9.82. The smallest absolute Gasteiger partial charge is 0.303 e. The zero-order chi connectivity index (χ0) is 15.9. The predicted molar refractivity (Wildman–Crippen MR) is 83.1 cm³/mol. The third kappa shape index (κ3) is 6.43. The highest BCUT2D eigenvalue weighted by molar-refractivity contribution is 5.83. The van der Waals surface area contributed by atoms with Gasteiger partial charge < -0.3 is 10.4 Å². The van der Waals surface area contributed by atoms with Crippen molar-refractivity contribution in [2.75, 3.05) is 6.54 Å². The van der Waals surface area contributed by atoms with E-state index in [1.807, 2.05) is 51.1 Å². The highest BCUT2D eigenvalue weighted by Gasteiger charge is 2.20. The van der Waals surface area contributed by atoms with Crippen LogP contribution in [-0.4, -0.2) is 23.5 Å². The van der Waals surface area contributed by atoms with Crippen LogP contribution >= 0.6 is 0 Å². The normalized spacial score (nSPS) is 12.7. The number of benzene rings is 1. The topological polar surface area (TPSA) is 66.4 Å². The van der Waals surface area contributed by atoms with Gasteiger partial charge in [0.15, 0.2) is 0 Å². The highest BCUT2D eigenvalue weighted by Crippen LogP contribution is 2.26. The van der Waals surface area contributed by atoms with Crippen LogP contribution in [0, 0.1) is 5.41 Å². The van der Waals surface area contributed by atoms with Crippen molar-refractivity contribution in [1.29, 1.82) is 0 Å². The first-order valence-electron chi connectivity index (χ1n) is 7.36. The second kappa shape index (κ2) is 7.81. The number of carboxylic acids is 1. The Hall–Kier alpha value is -1.84. The molecule has 0 aliphatic rings. The van der Waals surface area contributed by atoms with Crippen LogP contribution in [-0.2, 0) is 9.59 Å². The van der Waals surface area contributed by atoms with Crippen LogP contribution in [0.4, 0.5) is 0 Å². The number of hydrogen-bond donors (Lipinski definition) is 2. The number of aliphatic carboxylic acids is 1. The second-order valence-electron chi connectivity index (χ2n) is 6.23. The van der Waals surface area contributed by atoms with Gasteiger partial charge in [-0.1, -0.05) is 44.2 Å². The number of carboxylic acid groups (broad SMARTS) is 1. The fourth-order valence-electron chi connectivity index (χ4n) is 2.14. The fraction of sp³-hybridized carbons (Fsp3) is 0.529. The summed E-state index contributed by atoms with van der Waals surface area (Å²) in [6.07, 6.45) is 1.56. The van der Waals surface area contributed by atoms with Gasteiger partial charge in [0.25, 0.3) is 0 Å². The van der Waals surface area contributed by atoms with E-state index in [0.29, 0.717) is 13.0 Å². The van der Waals surface area contributed by atoms with E-state index in [0.717, 1.165) is 12.0 Å². The molecule has 0 fully saturated rings. The molecule has 4 heteroatoms. The van der Waals surface area contributed by atoms with Crippen LogP contribution in [0.25, 0.3) is 0 Å². The van der Waals surface area contributed by atoms with E-state index in [-0.39, 0.29) is 23.7 Å². The molecule has 21 heavy (non-hydrogen) atoms. The van der Waals surface area contributed by atoms with Crippen molar-refractivity contribution in [2.45, 2.75) is 46.0 Å². The van der Waals surface area contributed by atoms with Crippen molar-refractivity contribution >= 4 is 11.9 Å². The monoisotopic (exact) mass is 291 g/mol. The molecule has 1 atom stereocenters. The van der Waals surface area contributed by atoms with Gasteiger partial charge in [-0.25, -0.2) is 0 Å². The molecular weight excluding hydrogens is 266 g/mol. The Morgan fingerprint density at radius 3 is 2.38 bits per heavy atom. The number of rotatable bonds is 8. The van der Waals surface area contributed by atoms with Gasteiger partial charge in [-0.05, 0) is 30.7 Å². The molecule has 4 nitrogen and oxygen atoms in total. The minimum atomic E-state index is -0.773. The molecule has 0 aliphatic heterocycles.